The molecule has 4 aromatic rings. The van der Waals surface area contributed by atoms with Crippen LogP contribution in [0.4, 0.5) is 5.69 Å². The number of nitrogens with zero attached hydrogens (tertiary/aromatic N) is 3. The summed E-state index contributed by atoms with van der Waals surface area (Å²) in [4.78, 5) is 20.0. The number of ether oxygens (including phenoxy) is 1. The third-order valence-corrected chi connectivity index (χ3v) is 6.73. The van der Waals surface area contributed by atoms with E-state index in [2.05, 4.69) is 68.7 Å². The number of amides is 1. The lowest BCUT2D eigenvalue weighted by Gasteiger charge is -2.20. The van der Waals surface area contributed by atoms with Gasteiger partial charge in [-0.15, -0.1) is 0 Å². The maximum atomic E-state index is 13.1. The Bertz CT molecular complexity index is 1370. The van der Waals surface area contributed by atoms with Crippen LogP contribution in [0.1, 0.15) is 40.4 Å². The van der Waals surface area contributed by atoms with Crippen molar-refractivity contribution in [1.82, 2.24) is 9.55 Å². The van der Waals surface area contributed by atoms with Crippen LogP contribution in [0.15, 0.2) is 60.7 Å². The van der Waals surface area contributed by atoms with Gasteiger partial charge in [0.05, 0.1) is 17.6 Å². The Hall–Kier alpha value is -3.60. The number of imidazole rings is 1. The molecule has 1 atom stereocenters. The van der Waals surface area contributed by atoms with Crippen LogP contribution in [0.3, 0.4) is 0 Å². The summed E-state index contributed by atoms with van der Waals surface area (Å²) in [5.74, 6) is 2.07. The van der Waals surface area contributed by atoms with E-state index in [1.54, 1.807) is 0 Å². The van der Waals surface area contributed by atoms with Crippen LogP contribution in [0.2, 0.25) is 0 Å². The van der Waals surface area contributed by atoms with Gasteiger partial charge in [0.25, 0.3) is 0 Å². The average molecular weight is 454 g/mol. The van der Waals surface area contributed by atoms with Crippen molar-refractivity contribution in [3.63, 3.8) is 0 Å². The van der Waals surface area contributed by atoms with Crippen molar-refractivity contribution < 1.29 is 9.53 Å². The summed E-state index contributed by atoms with van der Waals surface area (Å²) in [6.45, 7) is 10.2. The first-order valence-electron chi connectivity index (χ1n) is 11.9. The van der Waals surface area contributed by atoms with Crippen molar-refractivity contribution >= 4 is 22.6 Å². The van der Waals surface area contributed by atoms with E-state index < -0.39 is 0 Å². The Morgan fingerprint density at radius 2 is 1.71 bits per heavy atom. The topological polar surface area (TPSA) is 47.4 Å². The minimum absolute atomic E-state index is 0.0425. The van der Waals surface area contributed by atoms with Crippen LogP contribution >= 0.6 is 0 Å². The third kappa shape index (κ3) is 4.18. The summed E-state index contributed by atoms with van der Waals surface area (Å²) in [5.41, 5.74) is 7.70. The fraction of sp³-hybridized carbons (Fsp3) is 0.310. The van der Waals surface area contributed by atoms with Gasteiger partial charge in [-0.1, -0.05) is 42.0 Å². The van der Waals surface area contributed by atoms with Gasteiger partial charge < -0.3 is 14.2 Å². The van der Waals surface area contributed by atoms with Crippen LogP contribution in [-0.4, -0.2) is 28.6 Å². The maximum absolute atomic E-state index is 13.1. The van der Waals surface area contributed by atoms with Crippen LogP contribution in [0, 0.1) is 27.7 Å². The molecule has 1 aromatic heterocycles. The van der Waals surface area contributed by atoms with Gasteiger partial charge >= 0.3 is 0 Å². The van der Waals surface area contributed by atoms with Crippen molar-refractivity contribution in [2.24, 2.45) is 0 Å². The van der Waals surface area contributed by atoms with Gasteiger partial charge in [-0.3, -0.25) is 4.79 Å². The molecule has 1 saturated heterocycles. The Morgan fingerprint density at radius 1 is 0.941 bits per heavy atom. The van der Waals surface area contributed by atoms with Gasteiger partial charge in [0, 0.05) is 24.6 Å². The molecule has 0 spiro atoms. The molecule has 5 nitrogen and oxygen atoms in total. The van der Waals surface area contributed by atoms with E-state index in [0.717, 1.165) is 45.0 Å². The van der Waals surface area contributed by atoms with Crippen LogP contribution in [-0.2, 0) is 11.3 Å². The van der Waals surface area contributed by atoms with E-state index in [9.17, 15) is 4.79 Å². The molecule has 174 valence electrons. The lowest BCUT2D eigenvalue weighted by atomic mass is 10.1. The summed E-state index contributed by atoms with van der Waals surface area (Å²) < 4.78 is 8.39. The zero-order valence-electron chi connectivity index (χ0n) is 20.3. The highest BCUT2D eigenvalue weighted by Crippen LogP contribution is 2.35. The molecule has 1 fully saturated rings. The molecule has 1 unspecified atom stereocenters. The number of fused-ring (bicyclic) bond motifs is 1. The second-order valence-electron chi connectivity index (χ2n) is 9.42. The number of hydrogen-bond acceptors (Lipinski definition) is 3. The lowest BCUT2D eigenvalue weighted by Crippen LogP contribution is -2.25. The predicted octanol–water partition coefficient (Wildman–Crippen LogP) is 5.87. The number of hydrogen-bond donors (Lipinski definition) is 0. The number of benzene rings is 3. The highest BCUT2D eigenvalue weighted by Gasteiger charge is 2.35. The SMILES string of the molecule is Cc1ccc(OCCn2c(C3CC(=O)N(c4cc(C)ccc4C)C3)nc3ccccc32)c(C)c1. The smallest absolute Gasteiger partial charge is 0.227 e. The Balaban J connectivity index is 1.42. The maximum Gasteiger partial charge on any atom is 0.227 e. The van der Waals surface area contributed by atoms with Gasteiger partial charge in [-0.2, -0.15) is 0 Å². The zero-order chi connectivity index (χ0) is 23.8. The summed E-state index contributed by atoms with van der Waals surface area (Å²) in [5, 5.41) is 0. The average Bonchev–Trinajstić information content (AvgIpc) is 3.37. The second-order valence-corrected chi connectivity index (χ2v) is 9.42. The van der Waals surface area contributed by atoms with E-state index in [4.69, 9.17) is 9.72 Å². The first kappa shape index (κ1) is 22.2. The Morgan fingerprint density at radius 3 is 2.53 bits per heavy atom. The highest BCUT2D eigenvalue weighted by atomic mass is 16.5. The number of aryl methyl sites for hydroxylation is 4. The number of carbonyl (C=O) groups is 1. The van der Waals surface area contributed by atoms with E-state index in [1.807, 2.05) is 29.2 Å². The first-order chi connectivity index (χ1) is 16.4. The minimum atomic E-state index is 0.0425. The van der Waals surface area contributed by atoms with Crippen molar-refractivity contribution in [1.29, 1.82) is 0 Å². The van der Waals surface area contributed by atoms with Gasteiger partial charge in [-0.05, 0) is 68.7 Å². The molecule has 0 radical (unpaired) electrons. The van der Waals surface area contributed by atoms with Gasteiger partial charge in [-0.25, -0.2) is 4.98 Å². The summed E-state index contributed by atoms with van der Waals surface area (Å²) in [7, 11) is 0. The predicted molar refractivity (Wildman–Crippen MR) is 137 cm³/mol. The molecule has 0 N–H and O–H groups in total. The minimum Gasteiger partial charge on any atom is -0.491 e. The molecule has 1 aliphatic heterocycles. The van der Waals surface area contributed by atoms with Crippen LogP contribution < -0.4 is 9.64 Å². The molecule has 1 amide bonds. The largest absolute Gasteiger partial charge is 0.491 e. The Kier molecular flexibility index (Phi) is 5.86. The molecule has 34 heavy (non-hydrogen) atoms. The fourth-order valence-electron chi connectivity index (χ4n) is 4.97. The Labute approximate surface area is 201 Å². The normalized spacial score (nSPS) is 15.9. The fourth-order valence-corrected chi connectivity index (χ4v) is 4.97. The first-order valence-corrected chi connectivity index (χ1v) is 11.9. The molecule has 0 saturated carbocycles. The summed E-state index contributed by atoms with van der Waals surface area (Å²) in [6.07, 6.45) is 0.467. The molecule has 3 aromatic carbocycles. The van der Waals surface area contributed by atoms with Crippen molar-refractivity contribution in [2.75, 3.05) is 18.1 Å². The van der Waals surface area contributed by atoms with Crippen molar-refractivity contribution in [3.05, 3.63) is 88.7 Å². The monoisotopic (exact) mass is 453 g/mol. The molecule has 5 rings (SSSR count). The summed E-state index contributed by atoms with van der Waals surface area (Å²) in [6, 6.07) is 20.7. The van der Waals surface area contributed by atoms with Crippen molar-refractivity contribution in [3.8, 4) is 5.75 Å². The standard InChI is InChI=1S/C29H31N3O2/c1-19-10-12-27(22(4)15-19)34-14-13-31-25-8-6-5-7-24(25)30-29(31)23-17-28(33)32(18-23)26-16-20(2)9-11-21(26)3/h5-12,15-16,23H,13-14,17-18H2,1-4H3. The quantitative estimate of drug-likeness (QED) is 0.367. The number of aromatic nitrogens is 2. The molecule has 2 heterocycles. The number of carbonyl (C=O) groups excluding carboxylic acids is 1. The molecular formula is C29H31N3O2. The highest BCUT2D eigenvalue weighted by molar-refractivity contribution is 5.97. The van der Waals surface area contributed by atoms with Gasteiger partial charge in [0.15, 0.2) is 0 Å². The molecule has 1 aliphatic rings. The van der Waals surface area contributed by atoms with E-state index in [1.165, 1.54) is 5.56 Å². The van der Waals surface area contributed by atoms with Gasteiger partial charge in [0.2, 0.25) is 5.91 Å². The van der Waals surface area contributed by atoms with Crippen molar-refractivity contribution in [2.45, 2.75) is 46.6 Å². The summed E-state index contributed by atoms with van der Waals surface area (Å²) >= 11 is 0. The molecule has 5 heteroatoms. The van der Waals surface area contributed by atoms with Gasteiger partial charge in [0.1, 0.15) is 18.2 Å². The van der Waals surface area contributed by atoms with E-state index in [0.29, 0.717) is 26.1 Å². The number of anilines is 1. The van der Waals surface area contributed by atoms with Crippen LogP contribution in [0.25, 0.3) is 11.0 Å². The number of para-hydroxylation sites is 2. The zero-order valence-corrected chi connectivity index (χ0v) is 20.3. The second kappa shape index (κ2) is 8.98. The third-order valence-electron chi connectivity index (χ3n) is 6.73. The molecular weight excluding hydrogens is 422 g/mol. The molecule has 0 aliphatic carbocycles. The number of rotatable bonds is 6. The lowest BCUT2D eigenvalue weighted by molar-refractivity contribution is -0.117. The van der Waals surface area contributed by atoms with E-state index >= 15 is 0 Å². The van der Waals surface area contributed by atoms with Crippen LogP contribution in [0.5, 0.6) is 5.75 Å². The molecule has 0 bridgehead atoms. The van der Waals surface area contributed by atoms with E-state index in [-0.39, 0.29) is 11.8 Å².